The minimum absolute atomic E-state index is 1.01. The molecule has 14 heavy (non-hydrogen) atoms. The lowest BCUT2D eigenvalue weighted by Gasteiger charge is -2.34. The summed E-state index contributed by atoms with van der Waals surface area (Å²) in [6, 6.07) is 16.1. The van der Waals surface area contributed by atoms with Crippen molar-refractivity contribution < 1.29 is 0 Å². The van der Waals surface area contributed by atoms with E-state index in [9.17, 15) is 0 Å². The second-order valence-corrected chi connectivity index (χ2v) is 3.27. The second kappa shape index (κ2) is 2.77. The highest BCUT2D eigenvalue weighted by atomic mass is 15.0. The Labute approximate surface area is 82.6 Å². The van der Waals surface area contributed by atoms with Crippen LogP contribution in [0.1, 0.15) is 0 Å². The Hall–Kier alpha value is -1.96. The quantitative estimate of drug-likeness (QED) is 0.555. The Morgan fingerprint density at radius 2 is 1.21 bits per heavy atom. The zero-order valence-corrected chi connectivity index (χ0v) is 7.57. The van der Waals surface area contributed by atoms with E-state index >= 15 is 0 Å². The highest BCUT2D eigenvalue weighted by Crippen LogP contribution is 2.46. The van der Waals surface area contributed by atoms with Crippen molar-refractivity contribution in [2.45, 2.75) is 0 Å². The average molecular weight is 181 g/mol. The lowest BCUT2D eigenvalue weighted by atomic mass is 10.1. The van der Waals surface area contributed by atoms with E-state index < -0.39 is 0 Å². The molecule has 0 bridgehead atoms. The largest absolute Gasteiger partial charge is 0.654 e. The Morgan fingerprint density at radius 1 is 0.714 bits per heavy atom. The molecule has 3 rings (SSSR count). The topological polar surface area (TPSA) is 26.1 Å². The smallest absolute Gasteiger partial charge is 0.0234 e. The van der Waals surface area contributed by atoms with Gasteiger partial charge < -0.3 is 10.6 Å². The highest BCUT2D eigenvalue weighted by Gasteiger charge is 2.02. The molecule has 1 heterocycles. The third-order valence-corrected chi connectivity index (χ3v) is 2.32. The SMILES string of the molecule is c1ccc2c(c1)[N-]c1ccccc1N2. The van der Waals surface area contributed by atoms with Crippen molar-refractivity contribution in [2.75, 3.05) is 5.32 Å². The summed E-state index contributed by atoms with van der Waals surface area (Å²) in [5.41, 5.74) is 4.16. The van der Waals surface area contributed by atoms with Gasteiger partial charge >= 0.3 is 0 Å². The van der Waals surface area contributed by atoms with Crippen molar-refractivity contribution in [3.8, 4) is 0 Å². The van der Waals surface area contributed by atoms with Crippen LogP contribution in [-0.2, 0) is 0 Å². The third kappa shape index (κ3) is 1.04. The number of rotatable bonds is 0. The minimum Gasteiger partial charge on any atom is -0.654 e. The maximum atomic E-state index is 4.55. The molecule has 1 aliphatic rings. The van der Waals surface area contributed by atoms with Crippen molar-refractivity contribution >= 4 is 22.7 Å². The van der Waals surface area contributed by atoms with Crippen molar-refractivity contribution in [1.82, 2.24) is 0 Å². The van der Waals surface area contributed by atoms with E-state index in [4.69, 9.17) is 0 Å². The molecule has 2 heteroatoms. The molecule has 2 nitrogen and oxygen atoms in total. The summed E-state index contributed by atoms with van der Waals surface area (Å²) in [5.74, 6) is 0. The molecule has 0 saturated carbocycles. The maximum Gasteiger partial charge on any atom is 0.0234 e. The normalized spacial score (nSPS) is 12.0. The summed E-state index contributed by atoms with van der Waals surface area (Å²) in [5, 5.41) is 7.89. The van der Waals surface area contributed by atoms with Crippen molar-refractivity contribution in [2.24, 2.45) is 0 Å². The van der Waals surface area contributed by atoms with Gasteiger partial charge in [-0.15, -0.1) is 11.4 Å². The highest BCUT2D eigenvalue weighted by molar-refractivity contribution is 5.93. The molecule has 0 saturated heterocycles. The second-order valence-electron chi connectivity index (χ2n) is 3.27. The Bertz CT molecular complexity index is 390. The summed E-state index contributed by atoms with van der Waals surface area (Å²) in [4.78, 5) is 0. The van der Waals surface area contributed by atoms with Crippen LogP contribution in [0.4, 0.5) is 22.7 Å². The van der Waals surface area contributed by atoms with Crippen LogP contribution in [-0.4, -0.2) is 0 Å². The van der Waals surface area contributed by atoms with Gasteiger partial charge in [0.1, 0.15) is 0 Å². The predicted octanol–water partition coefficient (Wildman–Crippen LogP) is 4.08. The molecule has 0 radical (unpaired) electrons. The standard InChI is InChI=1S/C12H9N2/c1-2-6-10-9(5-1)13-11-7-3-4-8-12(11)14-10/h1-8,13H/q-1. The summed E-state index contributed by atoms with van der Waals surface area (Å²) in [7, 11) is 0. The lowest BCUT2D eigenvalue weighted by Crippen LogP contribution is -1.95. The Kier molecular flexibility index (Phi) is 1.47. The molecule has 2 aromatic rings. The zero-order valence-electron chi connectivity index (χ0n) is 7.57. The van der Waals surface area contributed by atoms with Crippen LogP contribution in [0.25, 0.3) is 5.32 Å². The van der Waals surface area contributed by atoms with Crippen LogP contribution in [0.2, 0.25) is 0 Å². The fraction of sp³-hybridized carbons (Fsp3) is 0. The van der Waals surface area contributed by atoms with E-state index in [0.717, 1.165) is 22.7 Å². The average Bonchev–Trinajstić information content (AvgIpc) is 2.26. The molecule has 0 unspecified atom stereocenters. The van der Waals surface area contributed by atoms with Gasteiger partial charge in [0.2, 0.25) is 0 Å². The van der Waals surface area contributed by atoms with Gasteiger partial charge in [0.15, 0.2) is 0 Å². The van der Waals surface area contributed by atoms with E-state index in [1.54, 1.807) is 0 Å². The number of benzene rings is 2. The number of anilines is 2. The van der Waals surface area contributed by atoms with Crippen molar-refractivity contribution in [3.63, 3.8) is 0 Å². The van der Waals surface area contributed by atoms with E-state index in [-0.39, 0.29) is 0 Å². The molecule has 1 aliphatic heterocycles. The van der Waals surface area contributed by atoms with Crippen LogP contribution in [0.3, 0.4) is 0 Å². The van der Waals surface area contributed by atoms with Crippen LogP contribution >= 0.6 is 0 Å². The maximum absolute atomic E-state index is 4.55. The van der Waals surface area contributed by atoms with Gasteiger partial charge in [-0.2, -0.15) is 0 Å². The van der Waals surface area contributed by atoms with Gasteiger partial charge in [0.25, 0.3) is 0 Å². The predicted molar refractivity (Wildman–Crippen MR) is 58.8 cm³/mol. The molecule has 0 aliphatic carbocycles. The van der Waals surface area contributed by atoms with E-state index in [1.807, 2.05) is 48.5 Å². The monoisotopic (exact) mass is 181 g/mol. The molecule has 0 fully saturated rings. The number of hydrogen-bond donors (Lipinski definition) is 1. The molecular formula is C12H9N2-. The summed E-state index contributed by atoms with van der Waals surface area (Å²) >= 11 is 0. The zero-order chi connectivity index (χ0) is 9.38. The van der Waals surface area contributed by atoms with Gasteiger partial charge in [-0.1, -0.05) is 36.4 Å². The first-order chi connectivity index (χ1) is 6.93. The van der Waals surface area contributed by atoms with Crippen LogP contribution in [0.5, 0.6) is 0 Å². The number of nitrogens with one attached hydrogen (secondary N) is 1. The molecule has 0 amide bonds. The summed E-state index contributed by atoms with van der Waals surface area (Å²) < 4.78 is 0. The first kappa shape index (κ1) is 7.44. The fourth-order valence-electron chi connectivity index (χ4n) is 1.63. The molecular weight excluding hydrogens is 172 g/mol. The molecule has 1 N–H and O–H groups in total. The lowest BCUT2D eigenvalue weighted by molar-refractivity contribution is 1.49. The first-order valence-corrected chi connectivity index (χ1v) is 4.60. The molecule has 0 spiro atoms. The minimum atomic E-state index is 1.01. The van der Waals surface area contributed by atoms with Gasteiger partial charge in [-0.05, 0) is 12.1 Å². The molecule has 2 aromatic carbocycles. The summed E-state index contributed by atoms with van der Waals surface area (Å²) in [6.07, 6.45) is 0. The van der Waals surface area contributed by atoms with Crippen LogP contribution in [0.15, 0.2) is 48.5 Å². The van der Waals surface area contributed by atoms with E-state index in [0.29, 0.717) is 0 Å². The third-order valence-electron chi connectivity index (χ3n) is 2.32. The van der Waals surface area contributed by atoms with Gasteiger partial charge in [0, 0.05) is 11.4 Å². The summed E-state index contributed by atoms with van der Waals surface area (Å²) in [6.45, 7) is 0. The van der Waals surface area contributed by atoms with E-state index in [1.165, 1.54) is 0 Å². The number of nitrogens with zero attached hydrogens (tertiary/aromatic N) is 1. The van der Waals surface area contributed by atoms with E-state index in [2.05, 4.69) is 10.6 Å². The molecule has 68 valence electrons. The number of fused-ring (bicyclic) bond motifs is 2. The molecule has 0 aromatic heterocycles. The first-order valence-electron chi connectivity index (χ1n) is 4.60. The van der Waals surface area contributed by atoms with Crippen molar-refractivity contribution in [1.29, 1.82) is 0 Å². The molecule has 0 atom stereocenters. The fourth-order valence-corrected chi connectivity index (χ4v) is 1.63. The van der Waals surface area contributed by atoms with Crippen molar-refractivity contribution in [3.05, 3.63) is 53.8 Å². The van der Waals surface area contributed by atoms with Gasteiger partial charge in [0.05, 0.1) is 0 Å². The van der Waals surface area contributed by atoms with Gasteiger partial charge in [-0.3, -0.25) is 0 Å². The Morgan fingerprint density at radius 3 is 1.79 bits per heavy atom. The number of para-hydroxylation sites is 4. The van der Waals surface area contributed by atoms with Gasteiger partial charge in [-0.25, -0.2) is 0 Å². The van der Waals surface area contributed by atoms with Crippen LogP contribution in [0, 0.1) is 0 Å². The Balaban J connectivity index is 2.12. The van der Waals surface area contributed by atoms with Crippen LogP contribution < -0.4 is 5.32 Å². The number of hydrogen-bond acceptors (Lipinski definition) is 1.